The van der Waals surface area contributed by atoms with Crippen molar-refractivity contribution in [3.05, 3.63) is 53.3 Å². The van der Waals surface area contributed by atoms with Gasteiger partial charge in [-0.05, 0) is 67.0 Å². The summed E-state index contributed by atoms with van der Waals surface area (Å²) >= 11 is 0. The molecule has 28 heavy (non-hydrogen) atoms. The molecule has 1 aliphatic heterocycles. The first-order valence-electron chi connectivity index (χ1n) is 9.82. The SMILES string of the molecule is COc1cc(OC)cc(C(C)CC(=O)c2cc(CCC3=NCCC3)ccn2)c1. The summed E-state index contributed by atoms with van der Waals surface area (Å²) in [6, 6.07) is 9.65. The second-order valence-corrected chi connectivity index (χ2v) is 7.28. The highest BCUT2D eigenvalue weighted by molar-refractivity contribution is 5.95. The van der Waals surface area contributed by atoms with Crippen molar-refractivity contribution in [2.75, 3.05) is 20.8 Å². The number of ether oxygens (including phenoxy) is 2. The van der Waals surface area contributed by atoms with E-state index in [4.69, 9.17) is 9.47 Å². The van der Waals surface area contributed by atoms with Gasteiger partial charge in [-0.25, -0.2) is 0 Å². The van der Waals surface area contributed by atoms with Gasteiger partial charge in [-0.2, -0.15) is 0 Å². The van der Waals surface area contributed by atoms with Crippen LogP contribution in [0.1, 0.15) is 60.1 Å². The molecule has 1 atom stereocenters. The maximum Gasteiger partial charge on any atom is 0.181 e. The second-order valence-electron chi connectivity index (χ2n) is 7.28. The van der Waals surface area contributed by atoms with E-state index >= 15 is 0 Å². The van der Waals surface area contributed by atoms with E-state index < -0.39 is 0 Å². The highest BCUT2D eigenvalue weighted by Gasteiger charge is 2.16. The topological polar surface area (TPSA) is 60.8 Å². The van der Waals surface area contributed by atoms with Gasteiger partial charge in [0.15, 0.2) is 5.78 Å². The van der Waals surface area contributed by atoms with Gasteiger partial charge in [-0.1, -0.05) is 6.92 Å². The van der Waals surface area contributed by atoms with Gasteiger partial charge in [0.1, 0.15) is 17.2 Å². The van der Waals surface area contributed by atoms with Crippen molar-refractivity contribution >= 4 is 11.5 Å². The Morgan fingerprint density at radius 2 is 1.86 bits per heavy atom. The van der Waals surface area contributed by atoms with E-state index in [2.05, 4.69) is 9.98 Å². The number of carbonyl (C=O) groups excluding carboxylic acids is 1. The summed E-state index contributed by atoms with van der Waals surface area (Å²) in [6.45, 7) is 3.00. The van der Waals surface area contributed by atoms with Crippen molar-refractivity contribution in [2.45, 2.75) is 44.9 Å². The van der Waals surface area contributed by atoms with Gasteiger partial charge in [-0.3, -0.25) is 14.8 Å². The Hall–Kier alpha value is -2.69. The molecule has 2 aromatic rings. The summed E-state index contributed by atoms with van der Waals surface area (Å²) < 4.78 is 10.7. The quantitative estimate of drug-likeness (QED) is 0.595. The van der Waals surface area contributed by atoms with E-state index in [9.17, 15) is 4.79 Å². The fourth-order valence-corrected chi connectivity index (χ4v) is 3.49. The third-order valence-corrected chi connectivity index (χ3v) is 5.21. The lowest BCUT2D eigenvalue weighted by Crippen LogP contribution is -2.08. The largest absolute Gasteiger partial charge is 0.497 e. The van der Waals surface area contributed by atoms with E-state index in [-0.39, 0.29) is 11.7 Å². The smallest absolute Gasteiger partial charge is 0.181 e. The summed E-state index contributed by atoms with van der Waals surface area (Å²) in [5, 5.41) is 0. The van der Waals surface area contributed by atoms with Crippen molar-refractivity contribution in [1.82, 2.24) is 4.98 Å². The minimum atomic E-state index is 0.0369. The Balaban J connectivity index is 1.66. The number of hydrogen-bond donors (Lipinski definition) is 0. The molecular weight excluding hydrogens is 352 g/mol. The number of aryl methyl sites for hydroxylation is 1. The summed E-state index contributed by atoms with van der Waals surface area (Å²) in [5.41, 5.74) is 3.99. The normalized spacial score (nSPS) is 14.5. The van der Waals surface area contributed by atoms with Gasteiger partial charge < -0.3 is 9.47 Å². The fourth-order valence-electron chi connectivity index (χ4n) is 3.49. The van der Waals surface area contributed by atoms with Crippen LogP contribution in [0.4, 0.5) is 0 Å². The molecule has 1 aromatic carbocycles. The molecule has 1 unspecified atom stereocenters. The highest BCUT2D eigenvalue weighted by Crippen LogP contribution is 2.29. The molecule has 0 saturated heterocycles. The van der Waals surface area contributed by atoms with Crippen molar-refractivity contribution in [2.24, 2.45) is 4.99 Å². The molecule has 5 heteroatoms. The molecule has 1 aliphatic rings. The number of benzene rings is 1. The van der Waals surface area contributed by atoms with Gasteiger partial charge in [-0.15, -0.1) is 0 Å². The molecule has 0 saturated carbocycles. The lowest BCUT2D eigenvalue weighted by molar-refractivity contribution is 0.0970. The molecule has 5 nitrogen and oxygen atoms in total. The molecule has 0 amide bonds. The van der Waals surface area contributed by atoms with E-state index in [1.807, 2.05) is 37.3 Å². The number of Topliss-reactive ketones (excluding diaryl/α,β-unsaturated/α-hetero) is 1. The standard InChI is InChI=1S/C23H28N2O3/c1-16(18-13-20(27-2)15-21(14-18)28-3)11-23(26)22-12-17(8-10-25-22)6-7-19-5-4-9-24-19/h8,10,12-16H,4-7,9,11H2,1-3H3. The van der Waals surface area contributed by atoms with Crippen LogP contribution >= 0.6 is 0 Å². The number of rotatable bonds is 9. The first-order chi connectivity index (χ1) is 13.6. The van der Waals surface area contributed by atoms with Crippen molar-refractivity contribution in [3.8, 4) is 11.5 Å². The van der Waals surface area contributed by atoms with Crippen LogP contribution in [0.2, 0.25) is 0 Å². The molecule has 0 spiro atoms. The van der Waals surface area contributed by atoms with Crippen LogP contribution in [0.25, 0.3) is 0 Å². The van der Waals surface area contributed by atoms with E-state index in [1.165, 1.54) is 12.1 Å². The van der Waals surface area contributed by atoms with Gasteiger partial charge in [0.25, 0.3) is 0 Å². The molecule has 148 valence electrons. The number of pyridine rings is 1. The van der Waals surface area contributed by atoms with Crippen molar-refractivity contribution < 1.29 is 14.3 Å². The third-order valence-electron chi connectivity index (χ3n) is 5.21. The zero-order chi connectivity index (χ0) is 19.9. The van der Waals surface area contributed by atoms with E-state index in [0.717, 1.165) is 48.4 Å². The fraction of sp³-hybridized carbons (Fsp3) is 0.435. The van der Waals surface area contributed by atoms with Crippen LogP contribution in [0.15, 0.2) is 41.5 Å². The Labute approximate surface area is 166 Å². The Bertz CT molecular complexity index is 838. The first-order valence-corrected chi connectivity index (χ1v) is 9.82. The van der Waals surface area contributed by atoms with Crippen LogP contribution in [0, 0.1) is 0 Å². The summed E-state index contributed by atoms with van der Waals surface area (Å²) in [7, 11) is 3.25. The number of aromatic nitrogens is 1. The van der Waals surface area contributed by atoms with Gasteiger partial charge in [0.2, 0.25) is 0 Å². The average Bonchev–Trinajstić information content (AvgIpc) is 3.25. The molecule has 0 N–H and O–H groups in total. The Morgan fingerprint density at radius 1 is 1.11 bits per heavy atom. The molecule has 0 aliphatic carbocycles. The summed E-state index contributed by atoms with van der Waals surface area (Å²) in [5.74, 6) is 1.54. The molecule has 0 fully saturated rings. The van der Waals surface area contributed by atoms with Crippen LogP contribution in [0.3, 0.4) is 0 Å². The molecule has 0 radical (unpaired) electrons. The summed E-state index contributed by atoms with van der Waals surface area (Å²) in [4.78, 5) is 21.6. The lowest BCUT2D eigenvalue weighted by atomic mass is 9.93. The number of nitrogens with zero attached hydrogens (tertiary/aromatic N) is 2. The first kappa shape index (κ1) is 20.1. The number of aliphatic imine (C=N–C) groups is 1. The average molecular weight is 380 g/mol. The number of hydrogen-bond acceptors (Lipinski definition) is 5. The second kappa shape index (κ2) is 9.49. The van der Waals surface area contributed by atoms with Crippen LogP contribution in [0.5, 0.6) is 11.5 Å². The highest BCUT2D eigenvalue weighted by atomic mass is 16.5. The zero-order valence-electron chi connectivity index (χ0n) is 16.9. The van der Waals surface area contributed by atoms with Gasteiger partial charge in [0.05, 0.1) is 14.2 Å². The molecule has 1 aromatic heterocycles. The van der Waals surface area contributed by atoms with Gasteiger partial charge in [0, 0.05) is 30.9 Å². The molecule has 3 rings (SSSR count). The molecule has 2 heterocycles. The van der Waals surface area contributed by atoms with Crippen LogP contribution < -0.4 is 9.47 Å². The summed E-state index contributed by atoms with van der Waals surface area (Å²) in [6.07, 6.45) is 6.28. The van der Waals surface area contributed by atoms with Gasteiger partial charge >= 0.3 is 0 Å². The Kier molecular flexibility index (Phi) is 6.80. The number of carbonyl (C=O) groups is 1. The van der Waals surface area contributed by atoms with Crippen LogP contribution in [-0.2, 0) is 6.42 Å². The maximum absolute atomic E-state index is 12.8. The number of ketones is 1. The van der Waals surface area contributed by atoms with E-state index in [1.54, 1.807) is 20.4 Å². The minimum absolute atomic E-state index is 0.0369. The predicted octanol–water partition coefficient (Wildman–Crippen LogP) is 4.64. The lowest BCUT2D eigenvalue weighted by Gasteiger charge is -2.14. The minimum Gasteiger partial charge on any atom is -0.497 e. The van der Waals surface area contributed by atoms with E-state index in [0.29, 0.717) is 12.1 Å². The molecular formula is C23H28N2O3. The van der Waals surface area contributed by atoms with Crippen molar-refractivity contribution in [1.29, 1.82) is 0 Å². The Morgan fingerprint density at radius 3 is 2.50 bits per heavy atom. The zero-order valence-corrected chi connectivity index (χ0v) is 16.9. The third kappa shape index (κ3) is 5.18. The maximum atomic E-state index is 12.8. The van der Waals surface area contributed by atoms with Crippen LogP contribution in [-0.4, -0.2) is 37.2 Å². The monoisotopic (exact) mass is 380 g/mol. The van der Waals surface area contributed by atoms with Crippen molar-refractivity contribution in [3.63, 3.8) is 0 Å². The molecule has 0 bridgehead atoms. The number of methoxy groups -OCH3 is 2. The predicted molar refractivity (Wildman–Crippen MR) is 111 cm³/mol.